The van der Waals surface area contributed by atoms with Gasteiger partial charge in [0, 0.05) is 20.0 Å². The van der Waals surface area contributed by atoms with Crippen LogP contribution in [0.15, 0.2) is 24.3 Å². The molecule has 114 valence electrons. The SMILES string of the molecule is CC(=O)N1CCO[C@](C)(C(=O)NCc2cccc(F)c2)C1. The second kappa shape index (κ2) is 6.22. The number of benzene rings is 1. The molecule has 21 heavy (non-hydrogen) atoms. The number of nitrogens with one attached hydrogen (secondary N) is 1. The van der Waals surface area contributed by atoms with Gasteiger partial charge in [-0.3, -0.25) is 9.59 Å². The van der Waals surface area contributed by atoms with Crippen LogP contribution in [0.25, 0.3) is 0 Å². The molecule has 1 fully saturated rings. The van der Waals surface area contributed by atoms with E-state index in [2.05, 4.69) is 5.32 Å². The Kier molecular flexibility index (Phi) is 4.57. The number of carbonyl (C=O) groups is 2. The lowest BCUT2D eigenvalue weighted by Gasteiger charge is -2.38. The quantitative estimate of drug-likeness (QED) is 0.907. The van der Waals surface area contributed by atoms with Gasteiger partial charge < -0.3 is 15.0 Å². The van der Waals surface area contributed by atoms with Crippen LogP contribution in [0.5, 0.6) is 0 Å². The molecule has 0 radical (unpaired) electrons. The number of hydrogen-bond acceptors (Lipinski definition) is 3. The van der Waals surface area contributed by atoms with Gasteiger partial charge in [-0.1, -0.05) is 12.1 Å². The molecule has 1 heterocycles. The zero-order valence-corrected chi connectivity index (χ0v) is 12.2. The Morgan fingerprint density at radius 3 is 2.90 bits per heavy atom. The predicted molar refractivity (Wildman–Crippen MR) is 74.9 cm³/mol. The van der Waals surface area contributed by atoms with Crippen LogP contribution in [0.2, 0.25) is 0 Å². The number of carbonyl (C=O) groups excluding carboxylic acids is 2. The molecule has 1 aromatic carbocycles. The van der Waals surface area contributed by atoms with Crippen LogP contribution < -0.4 is 5.32 Å². The molecule has 1 aromatic rings. The van der Waals surface area contributed by atoms with Crippen molar-refractivity contribution in [2.75, 3.05) is 19.7 Å². The van der Waals surface area contributed by atoms with E-state index in [9.17, 15) is 14.0 Å². The van der Waals surface area contributed by atoms with Crippen molar-refractivity contribution in [3.63, 3.8) is 0 Å². The molecule has 0 aromatic heterocycles. The zero-order chi connectivity index (χ0) is 15.5. The number of rotatable bonds is 3. The highest BCUT2D eigenvalue weighted by Gasteiger charge is 2.39. The van der Waals surface area contributed by atoms with Gasteiger partial charge >= 0.3 is 0 Å². The highest BCUT2D eigenvalue weighted by Crippen LogP contribution is 2.18. The highest BCUT2D eigenvalue weighted by atomic mass is 19.1. The number of halogens is 1. The van der Waals surface area contributed by atoms with Crippen molar-refractivity contribution in [1.29, 1.82) is 0 Å². The minimum atomic E-state index is -1.07. The molecule has 0 aliphatic carbocycles. The maximum Gasteiger partial charge on any atom is 0.254 e. The third-order valence-electron chi connectivity index (χ3n) is 3.54. The van der Waals surface area contributed by atoms with Crippen LogP contribution in [0, 0.1) is 5.82 Å². The fourth-order valence-electron chi connectivity index (χ4n) is 2.29. The van der Waals surface area contributed by atoms with Crippen molar-refractivity contribution in [1.82, 2.24) is 10.2 Å². The summed E-state index contributed by atoms with van der Waals surface area (Å²) >= 11 is 0. The van der Waals surface area contributed by atoms with E-state index in [1.165, 1.54) is 19.1 Å². The molecule has 0 unspecified atom stereocenters. The van der Waals surface area contributed by atoms with E-state index in [1.54, 1.807) is 24.0 Å². The van der Waals surface area contributed by atoms with Gasteiger partial charge in [-0.05, 0) is 24.6 Å². The van der Waals surface area contributed by atoms with E-state index in [0.29, 0.717) is 18.7 Å². The van der Waals surface area contributed by atoms with Crippen molar-refractivity contribution in [2.45, 2.75) is 26.0 Å². The van der Waals surface area contributed by atoms with Gasteiger partial charge in [0.25, 0.3) is 5.91 Å². The largest absolute Gasteiger partial charge is 0.362 e. The molecular formula is C15H19FN2O3. The standard InChI is InChI=1S/C15H19FN2O3/c1-11(19)18-6-7-21-15(2,10-18)14(20)17-9-12-4-3-5-13(16)8-12/h3-5,8H,6-7,9-10H2,1-2H3,(H,17,20)/t15-/m0/s1. The molecule has 1 atom stereocenters. The number of nitrogens with zero attached hydrogens (tertiary/aromatic N) is 1. The van der Waals surface area contributed by atoms with Crippen LogP contribution in [-0.2, 0) is 20.9 Å². The molecule has 0 saturated carbocycles. The summed E-state index contributed by atoms with van der Waals surface area (Å²) in [7, 11) is 0. The monoisotopic (exact) mass is 294 g/mol. The molecule has 2 amide bonds. The van der Waals surface area contributed by atoms with Gasteiger partial charge in [0.05, 0.1) is 13.2 Å². The molecule has 0 bridgehead atoms. The molecule has 6 heteroatoms. The van der Waals surface area contributed by atoms with E-state index in [1.807, 2.05) is 0 Å². The summed E-state index contributed by atoms with van der Waals surface area (Å²) in [5.41, 5.74) is -0.400. The summed E-state index contributed by atoms with van der Waals surface area (Å²) in [6.07, 6.45) is 0. The van der Waals surface area contributed by atoms with Crippen LogP contribution >= 0.6 is 0 Å². The topological polar surface area (TPSA) is 58.6 Å². The lowest BCUT2D eigenvalue weighted by Crippen LogP contribution is -2.58. The third-order valence-corrected chi connectivity index (χ3v) is 3.54. The summed E-state index contributed by atoms with van der Waals surface area (Å²) in [4.78, 5) is 25.3. The Morgan fingerprint density at radius 1 is 1.48 bits per heavy atom. The fraction of sp³-hybridized carbons (Fsp3) is 0.467. The van der Waals surface area contributed by atoms with Gasteiger partial charge in [0.15, 0.2) is 5.60 Å². The van der Waals surface area contributed by atoms with Crippen LogP contribution in [0.1, 0.15) is 19.4 Å². The normalized spacial score (nSPS) is 22.0. The van der Waals surface area contributed by atoms with Crippen molar-refractivity contribution < 1.29 is 18.7 Å². The molecular weight excluding hydrogens is 275 g/mol. The summed E-state index contributed by atoms with van der Waals surface area (Å²) in [5, 5.41) is 2.73. The van der Waals surface area contributed by atoms with E-state index in [0.717, 1.165) is 0 Å². The molecule has 1 N–H and O–H groups in total. The number of morpholine rings is 1. The fourth-order valence-corrected chi connectivity index (χ4v) is 2.29. The summed E-state index contributed by atoms with van der Waals surface area (Å²) in [6, 6.07) is 6.04. The first kappa shape index (κ1) is 15.4. The first-order chi connectivity index (χ1) is 9.90. The lowest BCUT2D eigenvalue weighted by molar-refractivity contribution is -0.162. The molecule has 5 nitrogen and oxygen atoms in total. The first-order valence-corrected chi connectivity index (χ1v) is 6.83. The van der Waals surface area contributed by atoms with E-state index in [-0.39, 0.29) is 30.7 Å². The lowest BCUT2D eigenvalue weighted by atomic mass is 10.0. The average Bonchev–Trinajstić information content (AvgIpc) is 2.44. The number of hydrogen-bond donors (Lipinski definition) is 1. The Balaban J connectivity index is 1.97. The van der Waals surface area contributed by atoms with Crippen molar-refractivity contribution in [3.05, 3.63) is 35.6 Å². The molecule has 2 rings (SSSR count). The van der Waals surface area contributed by atoms with Gasteiger partial charge in [-0.25, -0.2) is 4.39 Å². The molecule has 1 aliphatic rings. The molecule has 1 aliphatic heterocycles. The second-order valence-electron chi connectivity index (χ2n) is 5.33. The Bertz CT molecular complexity index is 549. The smallest absolute Gasteiger partial charge is 0.254 e. The zero-order valence-electron chi connectivity index (χ0n) is 12.2. The van der Waals surface area contributed by atoms with Crippen molar-refractivity contribution in [2.24, 2.45) is 0 Å². The van der Waals surface area contributed by atoms with E-state index in [4.69, 9.17) is 4.74 Å². The molecule has 0 spiro atoms. The molecule has 1 saturated heterocycles. The Morgan fingerprint density at radius 2 is 2.24 bits per heavy atom. The maximum atomic E-state index is 13.1. The Hall–Kier alpha value is -1.95. The summed E-state index contributed by atoms with van der Waals surface area (Å²) in [6.45, 7) is 4.37. The minimum absolute atomic E-state index is 0.0811. The van der Waals surface area contributed by atoms with Crippen LogP contribution in [0.3, 0.4) is 0 Å². The van der Waals surface area contributed by atoms with Gasteiger partial charge in [-0.2, -0.15) is 0 Å². The van der Waals surface area contributed by atoms with Crippen molar-refractivity contribution in [3.8, 4) is 0 Å². The number of amides is 2. The van der Waals surface area contributed by atoms with E-state index >= 15 is 0 Å². The average molecular weight is 294 g/mol. The van der Waals surface area contributed by atoms with Crippen LogP contribution in [0.4, 0.5) is 4.39 Å². The predicted octanol–water partition coefficient (Wildman–Crippen LogP) is 1.08. The minimum Gasteiger partial charge on any atom is -0.362 e. The summed E-state index contributed by atoms with van der Waals surface area (Å²) in [5.74, 6) is -0.732. The Labute approximate surface area is 123 Å². The first-order valence-electron chi connectivity index (χ1n) is 6.83. The van der Waals surface area contributed by atoms with Gasteiger partial charge in [0.1, 0.15) is 5.82 Å². The highest BCUT2D eigenvalue weighted by molar-refractivity contribution is 5.86. The van der Waals surface area contributed by atoms with Crippen LogP contribution in [-0.4, -0.2) is 42.0 Å². The number of ether oxygens (including phenoxy) is 1. The second-order valence-corrected chi connectivity index (χ2v) is 5.33. The summed E-state index contributed by atoms with van der Waals surface area (Å²) < 4.78 is 18.6. The third kappa shape index (κ3) is 3.78. The van der Waals surface area contributed by atoms with Crippen molar-refractivity contribution >= 4 is 11.8 Å². The van der Waals surface area contributed by atoms with E-state index < -0.39 is 5.60 Å². The van der Waals surface area contributed by atoms with Gasteiger partial charge in [0.2, 0.25) is 5.91 Å². The maximum absolute atomic E-state index is 13.1. The van der Waals surface area contributed by atoms with Gasteiger partial charge in [-0.15, -0.1) is 0 Å².